The predicted molar refractivity (Wildman–Crippen MR) is 132 cm³/mol. The number of nitrogens with zero attached hydrogens (tertiary/aromatic N) is 1. The van der Waals surface area contributed by atoms with E-state index in [4.69, 9.17) is 14.2 Å². The lowest BCUT2D eigenvalue weighted by molar-refractivity contribution is -0.112. The number of anilines is 1. The molecule has 0 radical (unpaired) electrons. The molecule has 1 aliphatic carbocycles. The number of hydrogen-bond donors (Lipinski definition) is 1. The molecule has 0 fully saturated rings. The van der Waals surface area contributed by atoms with Gasteiger partial charge in [-0.2, -0.15) is 5.26 Å². The summed E-state index contributed by atoms with van der Waals surface area (Å²) in [4.78, 5) is 26.7. The summed E-state index contributed by atoms with van der Waals surface area (Å²) < 4.78 is 16.5. The van der Waals surface area contributed by atoms with Crippen LogP contribution in [-0.2, 0) is 22.4 Å². The highest BCUT2D eigenvalue weighted by Gasteiger charge is 2.27. The number of amides is 1. The Kier molecular flexibility index (Phi) is 8.88. The Labute approximate surface area is 203 Å². The molecule has 0 saturated heterocycles. The van der Waals surface area contributed by atoms with Crippen LogP contribution in [0.25, 0.3) is 6.08 Å². The number of esters is 1. The Bertz CT molecular complexity index is 1140. The molecular formula is C26H28N2O5S. The molecule has 1 aliphatic rings. The molecule has 0 aliphatic heterocycles. The van der Waals surface area contributed by atoms with Crippen LogP contribution >= 0.6 is 11.3 Å². The van der Waals surface area contributed by atoms with Crippen LogP contribution in [0.4, 0.5) is 5.00 Å². The van der Waals surface area contributed by atoms with Crippen molar-refractivity contribution < 1.29 is 23.8 Å². The van der Waals surface area contributed by atoms with Gasteiger partial charge in [0.25, 0.3) is 5.91 Å². The zero-order valence-electron chi connectivity index (χ0n) is 19.4. The third-order valence-electron chi connectivity index (χ3n) is 5.18. The van der Waals surface area contributed by atoms with E-state index in [0.717, 1.165) is 36.1 Å². The lowest BCUT2D eigenvalue weighted by atomic mass is 9.95. The van der Waals surface area contributed by atoms with Crippen LogP contribution in [0.2, 0.25) is 0 Å². The minimum Gasteiger partial charge on any atom is -0.490 e. The Morgan fingerprint density at radius 3 is 2.68 bits per heavy atom. The molecule has 0 spiro atoms. The highest BCUT2D eigenvalue weighted by atomic mass is 32.1. The molecule has 1 N–H and O–H groups in total. The number of hydrogen-bond acceptors (Lipinski definition) is 7. The maximum Gasteiger partial charge on any atom is 0.341 e. The van der Waals surface area contributed by atoms with Gasteiger partial charge in [0, 0.05) is 4.88 Å². The molecule has 0 unspecified atom stereocenters. The van der Waals surface area contributed by atoms with E-state index in [1.54, 1.807) is 31.2 Å². The Balaban J connectivity index is 1.89. The summed E-state index contributed by atoms with van der Waals surface area (Å²) in [5.41, 5.74) is 1.87. The molecule has 7 nitrogen and oxygen atoms in total. The molecule has 178 valence electrons. The lowest BCUT2D eigenvalue weighted by Gasteiger charge is -2.12. The number of benzene rings is 1. The van der Waals surface area contributed by atoms with Gasteiger partial charge in [0.2, 0.25) is 0 Å². The van der Waals surface area contributed by atoms with Gasteiger partial charge in [0.15, 0.2) is 11.5 Å². The van der Waals surface area contributed by atoms with E-state index in [0.29, 0.717) is 40.8 Å². The van der Waals surface area contributed by atoms with Crippen LogP contribution in [0.3, 0.4) is 0 Å². The summed E-state index contributed by atoms with van der Waals surface area (Å²) in [5.74, 6) is 0.0178. The second-order valence-corrected chi connectivity index (χ2v) is 8.60. The minimum absolute atomic E-state index is 0.0941. The van der Waals surface area contributed by atoms with Crippen LogP contribution in [0.5, 0.6) is 11.5 Å². The Hall–Kier alpha value is -3.57. The average Bonchev–Trinajstić information content (AvgIpc) is 3.20. The summed E-state index contributed by atoms with van der Waals surface area (Å²) in [6.45, 7) is 8.25. The van der Waals surface area contributed by atoms with E-state index >= 15 is 0 Å². The van der Waals surface area contributed by atoms with Crippen molar-refractivity contribution in [3.8, 4) is 17.6 Å². The Morgan fingerprint density at radius 2 is 1.97 bits per heavy atom. The van der Waals surface area contributed by atoms with Crippen molar-refractivity contribution in [2.45, 2.75) is 39.5 Å². The molecule has 1 heterocycles. The summed E-state index contributed by atoms with van der Waals surface area (Å²) in [6, 6.07) is 7.12. The molecule has 0 atom stereocenters. The fourth-order valence-corrected chi connectivity index (χ4v) is 4.98. The fraction of sp³-hybridized carbons (Fsp3) is 0.346. The predicted octanol–water partition coefficient (Wildman–Crippen LogP) is 5.31. The van der Waals surface area contributed by atoms with Gasteiger partial charge in [-0.25, -0.2) is 4.79 Å². The van der Waals surface area contributed by atoms with Crippen molar-refractivity contribution in [1.29, 1.82) is 5.26 Å². The van der Waals surface area contributed by atoms with E-state index < -0.39 is 11.9 Å². The van der Waals surface area contributed by atoms with Crippen LogP contribution in [-0.4, -0.2) is 31.7 Å². The first kappa shape index (κ1) is 25.1. The van der Waals surface area contributed by atoms with Gasteiger partial charge in [0.1, 0.15) is 23.3 Å². The largest absolute Gasteiger partial charge is 0.490 e. The number of thiophene rings is 1. The first-order valence-corrected chi connectivity index (χ1v) is 12.1. The number of nitrogens with one attached hydrogen (secondary N) is 1. The molecule has 1 aromatic carbocycles. The summed E-state index contributed by atoms with van der Waals surface area (Å²) >= 11 is 1.38. The zero-order valence-corrected chi connectivity index (χ0v) is 20.3. The number of aryl methyl sites for hydroxylation is 1. The lowest BCUT2D eigenvalue weighted by Crippen LogP contribution is -2.16. The molecule has 2 aromatic rings. The SMILES string of the molecule is C=CCOc1ccc(/C=C(\C#N)C(=O)Nc2sc3c(c2C(=O)OCC)CCCC3)cc1OCC. The first-order valence-electron chi connectivity index (χ1n) is 11.3. The molecule has 1 aromatic heterocycles. The summed E-state index contributed by atoms with van der Waals surface area (Å²) in [6.07, 6.45) is 6.78. The minimum atomic E-state index is -0.586. The molecular weight excluding hydrogens is 452 g/mol. The van der Waals surface area contributed by atoms with Crippen LogP contribution in [0, 0.1) is 11.3 Å². The topological polar surface area (TPSA) is 97.7 Å². The standard InChI is InChI=1S/C26H28N2O5S/c1-4-13-33-20-12-11-17(15-21(20)31-5-2)14-18(16-27)24(29)28-25-23(26(30)32-6-3)19-9-7-8-10-22(19)34-25/h4,11-12,14-15H,1,5-10,13H2,2-3H3,(H,28,29)/b18-14+. The second-order valence-electron chi connectivity index (χ2n) is 7.50. The van der Waals surface area contributed by atoms with E-state index in [1.165, 1.54) is 17.4 Å². The smallest absolute Gasteiger partial charge is 0.341 e. The van der Waals surface area contributed by atoms with Crippen LogP contribution in [0.1, 0.15) is 53.1 Å². The quantitative estimate of drug-likeness (QED) is 0.214. The third kappa shape index (κ3) is 5.86. The van der Waals surface area contributed by atoms with E-state index in [2.05, 4.69) is 11.9 Å². The second kappa shape index (κ2) is 12.1. The van der Waals surface area contributed by atoms with Crippen molar-refractivity contribution in [2.75, 3.05) is 25.1 Å². The Morgan fingerprint density at radius 1 is 1.18 bits per heavy atom. The number of fused-ring (bicyclic) bond motifs is 1. The van der Waals surface area contributed by atoms with Gasteiger partial charge in [0.05, 0.1) is 18.8 Å². The number of ether oxygens (including phenoxy) is 3. The molecule has 3 rings (SSSR count). The molecule has 34 heavy (non-hydrogen) atoms. The summed E-state index contributed by atoms with van der Waals surface area (Å²) in [5, 5.41) is 12.9. The maximum atomic E-state index is 13.0. The zero-order chi connectivity index (χ0) is 24.5. The fourth-order valence-electron chi connectivity index (χ4n) is 3.71. The third-order valence-corrected chi connectivity index (χ3v) is 6.39. The van der Waals surface area contributed by atoms with E-state index in [1.807, 2.05) is 13.0 Å². The number of nitriles is 1. The highest BCUT2D eigenvalue weighted by Crippen LogP contribution is 2.39. The van der Waals surface area contributed by atoms with Crippen molar-refractivity contribution in [3.63, 3.8) is 0 Å². The summed E-state index contributed by atoms with van der Waals surface area (Å²) in [7, 11) is 0. The monoisotopic (exact) mass is 480 g/mol. The van der Waals surface area contributed by atoms with Gasteiger partial charge in [-0.15, -0.1) is 11.3 Å². The number of rotatable bonds is 10. The maximum absolute atomic E-state index is 13.0. The van der Waals surface area contributed by atoms with Gasteiger partial charge >= 0.3 is 5.97 Å². The van der Waals surface area contributed by atoms with Gasteiger partial charge < -0.3 is 19.5 Å². The molecule has 1 amide bonds. The highest BCUT2D eigenvalue weighted by molar-refractivity contribution is 7.17. The first-order chi connectivity index (χ1) is 16.5. The van der Waals surface area contributed by atoms with Gasteiger partial charge in [-0.1, -0.05) is 18.7 Å². The van der Waals surface area contributed by atoms with Crippen molar-refractivity contribution in [2.24, 2.45) is 0 Å². The average molecular weight is 481 g/mol. The van der Waals surface area contributed by atoms with Gasteiger partial charge in [-0.05, 0) is 68.9 Å². The van der Waals surface area contributed by atoms with Crippen LogP contribution in [0.15, 0.2) is 36.4 Å². The van der Waals surface area contributed by atoms with E-state index in [-0.39, 0.29) is 12.2 Å². The van der Waals surface area contributed by atoms with E-state index in [9.17, 15) is 14.9 Å². The molecule has 0 saturated carbocycles. The number of carbonyl (C=O) groups is 2. The molecule has 8 heteroatoms. The van der Waals surface area contributed by atoms with Crippen molar-refractivity contribution >= 4 is 34.3 Å². The van der Waals surface area contributed by atoms with Gasteiger partial charge in [-0.3, -0.25) is 4.79 Å². The van der Waals surface area contributed by atoms with Crippen molar-refractivity contribution in [3.05, 3.63) is 58.0 Å². The van der Waals surface area contributed by atoms with Crippen molar-refractivity contribution in [1.82, 2.24) is 0 Å². The molecule has 0 bridgehead atoms. The van der Waals surface area contributed by atoms with Crippen LogP contribution < -0.4 is 14.8 Å². The normalized spacial score (nSPS) is 12.8. The number of carbonyl (C=O) groups excluding carboxylic acids is 2.